The Bertz CT molecular complexity index is 691. The molecule has 23 heavy (non-hydrogen) atoms. The first-order valence-corrected chi connectivity index (χ1v) is 10.3. The monoisotopic (exact) mass is 360 g/mol. The lowest BCUT2D eigenvalue weighted by Gasteiger charge is -2.31. The van der Waals surface area contributed by atoms with Gasteiger partial charge >= 0.3 is 0 Å². The topological polar surface area (TPSA) is 80.2 Å². The van der Waals surface area contributed by atoms with E-state index in [-0.39, 0.29) is 17.8 Å². The second kappa shape index (κ2) is 7.00. The van der Waals surface area contributed by atoms with Gasteiger partial charge in [-0.25, -0.2) is 12.7 Å². The molecule has 130 valence electrons. The van der Waals surface area contributed by atoms with Crippen LogP contribution in [0, 0.1) is 4.77 Å². The van der Waals surface area contributed by atoms with Crippen molar-refractivity contribution in [3.05, 3.63) is 10.6 Å². The second-order valence-electron chi connectivity index (χ2n) is 6.23. The largest absolute Gasteiger partial charge is 0.376 e. The number of H-pyrrole nitrogens is 1. The Hall–Kier alpha value is -0.770. The Labute approximate surface area is 142 Å². The molecule has 7 nitrogen and oxygen atoms in total. The van der Waals surface area contributed by atoms with Gasteiger partial charge in [-0.1, -0.05) is 0 Å². The second-order valence-corrected chi connectivity index (χ2v) is 8.87. The smallest absolute Gasteiger partial charge is 0.213 e. The van der Waals surface area contributed by atoms with Gasteiger partial charge in [0, 0.05) is 25.6 Å². The van der Waals surface area contributed by atoms with E-state index in [0.717, 1.165) is 38.1 Å². The summed E-state index contributed by atoms with van der Waals surface area (Å²) in [6.45, 7) is 4.27. The van der Waals surface area contributed by atoms with Gasteiger partial charge in [0.1, 0.15) is 5.82 Å². The molecule has 0 aromatic carbocycles. The van der Waals surface area contributed by atoms with Crippen LogP contribution in [0.15, 0.2) is 0 Å². The predicted octanol–water partition coefficient (Wildman–Crippen LogP) is 1.65. The lowest BCUT2D eigenvalue weighted by atomic mass is 9.98. The molecule has 2 atom stereocenters. The minimum absolute atomic E-state index is 0.0828. The van der Waals surface area contributed by atoms with Crippen LogP contribution >= 0.6 is 12.2 Å². The van der Waals surface area contributed by atoms with Crippen LogP contribution in [-0.4, -0.2) is 59.0 Å². The lowest BCUT2D eigenvalue weighted by molar-refractivity contribution is 0.0952. The van der Waals surface area contributed by atoms with Crippen LogP contribution in [0.2, 0.25) is 0 Å². The summed E-state index contributed by atoms with van der Waals surface area (Å²) in [5.41, 5.74) is 0. The first-order valence-electron chi connectivity index (χ1n) is 8.25. The Morgan fingerprint density at radius 1 is 1.39 bits per heavy atom. The van der Waals surface area contributed by atoms with Gasteiger partial charge in [0.05, 0.1) is 18.4 Å². The van der Waals surface area contributed by atoms with Gasteiger partial charge < -0.3 is 9.30 Å². The van der Waals surface area contributed by atoms with Crippen LogP contribution in [0.3, 0.4) is 0 Å². The minimum Gasteiger partial charge on any atom is -0.376 e. The van der Waals surface area contributed by atoms with Crippen molar-refractivity contribution in [1.82, 2.24) is 19.1 Å². The molecular formula is C14H24N4O3S2. The molecule has 2 fully saturated rings. The molecule has 3 heterocycles. The summed E-state index contributed by atoms with van der Waals surface area (Å²) in [6, 6.07) is 0. The van der Waals surface area contributed by atoms with Crippen LogP contribution in [0.4, 0.5) is 0 Å². The van der Waals surface area contributed by atoms with Crippen molar-refractivity contribution in [2.24, 2.45) is 0 Å². The summed E-state index contributed by atoms with van der Waals surface area (Å²) in [4.78, 5) is 0. The maximum Gasteiger partial charge on any atom is 0.213 e. The van der Waals surface area contributed by atoms with Crippen molar-refractivity contribution in [2.45, 2.75) is 51.2 Å². The van der Waals surface area contributed by atoms with E-state index in [1.54, 1.807) is 11.2 Å². The molecule has 0 saturated carbocycles. The normalized spacial score (nSPS) is 26.7. The van der Waals surface area contributed by atoms with E-state index in [4.69, 9.17) is 17.0 Å². The average Bonchev–Trinajstić information content (AvgIpc) is 3.19. The molecular weight excluding hydrogens is 336 g/mol. The van der Waals surface area contributed by atoms with E-state index in [1.165, 1.54) is 0 Å². The standard InChI is InChI=1S/C14H24N4O3S2/c1-2-23(19,20)17-7-3-5-11(9-17)13-15-16-14(22)18(13)10-12-6-4-8-21-12/h11-12H,2-10H2,1H3,(H,16,22). The van der Waals surface area contributed by atoms with E-state index >= 15 is 0 Å². The van der Waals surface area contributed by atoms with Gasteiger partial charge in [0.2, 0.25) is 10.0 Å². The Morgan fingerprint density at radius 3 is 2.91 bits per heavy atom. The van der Waals surface area contributed by atoms with E-state index in [2.05, 4.69) is 10.2 Å². The van der Waals surface area contributed by atoms with E-state index in [9.17, 15) is 8.42 Å². The number of nitrogens with one attached hydrogen (secondary N) is 1. The minimum atomic E-state index is -3.16. The number of piperidine rings is 1. The van der Waals surface area contributed by atoms with Crippen LogP contribution in [0.1, 0.15) is 44.3 Å². The Balaban J connectivity index is 1.79. The third kappa shape index (κ3) is 3.67. The fourth-order valence-corrected chi connectivity index (χ4v) is 4.79. The molecule has 2 aliphatic rings. The third-order valence-corrected chi connectivity index (χ3v) is 6.87. The van der Waals surface area contributed by atoms with Crippen LogP contribution < -0.4 is 0 Å². The van der Waals surface area contributed by atoms with Crippen molar-refractivity contribution in [1.29, 1.82) is 0 Å². The molecule has 1 N–H and O–H groups in total. The van der Waals surface area contributed by atoms with Gasteiger partial charge in [-0.2, -0.15) is 5.10 Å². The zero-order chi connectivity index (χ0) is 16.4. The summed E-state index contributed by atoms with van der Waals surface area (Å²) in [6.07, 6.45) is 4.08. The molecule has 0 radical (unpaired) electrons. The summed E-state index contributed by atoms with van der Waals surface area (Å²) in [5.74, 6) is 1.09. The summed E-state index contributed by atoms with van der Waals surface area (Å²) in [5, 5.41) is 7.26. The number of hydrogen-bond acceptors (Lipinski definition) is 5. The van der Waals surface area contributed by atoms with Gasteiger partial charge in [0.15, 0.2) is 4.77 Å². The van der Waals surface area contributed by atoms with Crippen molar-refractivity contribution < 1.29 is 13.2 Å². The van der Waals surface area contributed by atoms with Crippen molar-refractivity contribution in [3.63, 3.8) is 0 Å². The molecule has 0 amide bonds. The first-order chi connectivity index (χ1) is 11.0. The highest BCUT2D eigenvalue weighted by atomic mass is 32.2. The maximum absolute atomic E-state index is 12.2. The molecule has 2 unspecified atom stereocenters. The van der Waals surface area contributed by atoms with Gasteiger partial charge in [-0.15, -0.1) is 0 Å². The molecule has 2 saturated heterocycles. The van der Waals surface area contributed by atoms with Gasteiger partial charge in [0.25, 0.3) is 0 Å². The summed E-state index contributed by atoms with van der Waals surface area (Å²) < 4.78 is 34.2. The van der Waals surface area contributed by atoms with Crippen molar-refractivity contribution >= 4 is 22.2 Å². The van der Waals surface area contributed by atoms with Crippen LogP contribution in [-0.2, 0) is 21.3 Å². The van der Waals surface area contributed by atoms with Crippen molar-refractivity contribution in [2.75, 3.05) is 25.4 Å². The number of ether oxygens (including phenoxy) is 1. The Morgan fingerprint density at radius 2 is 2.22 bits per heavy atom. The van der Waals surface area contributed by atoms with Crippen LogP contribution in [0.25, 0.3) is 0 Å². The fraction of sp³-hybridized carbons (Fsp3) is 0.857. The molecule has 1 aromatic heterocycles. The molecule has 9 heteroatoms. The van der Waals surface area contributed by atoms with Gasteiger partial charge in [-0.05, 0) is 44.8 Å². The molecule has 0 aliphatic carbocycles. The lowest BCUT2D eigenvalue weighted by Crippen LogP contribution is -2.40. The SMILES string of the molecule is CCS(=O)(=O)N1CCCC(c2n[nH]c(=S)n2CC2CCCO2)C1. The average molecular weight is 361 g/mol. The van der Waals surface area contributed by atoms with Gasteiger partial charge in [-0.3, -0.25) is 5.10 Å². The Kier molecular flexibility index (Phi) is 5.19. The van der Waals surface area contributed by atoms with Crippen molar-refractivity contribution in [3.8, 4) is 0 Å². The predicted molar refractivity (Wildman–Crippen MR) is 89.4 cm³/mol. The first kappa shape index (κ1) is 17.1. The summed E-state index contributed by atoms with van der Waals surface area (Å²) >= 11 is 5.36. The molecule has 2 aliphatic heterocycles. The third-order valence-electron chi connectivity index (χ3n) is 4.71. The highest BCUT2D eigenvalue weighted by molar-refractivity contribution is 7.89. The highest BCUT2D eigenvalue weighted by Crippen LogP contribution is 2.28. The van der Waals surface area contributed by atoms with E-state index < -0.39 is 10.0 Å². The number of nitrogens with zero attached hydrogens (tertiary/aromatic N) is 3. The zero-order valence-corrected chi connectivity index (χ0v) is 15.0. The van der Waals surface area contributed by atoms with E-state index in [1.807, 2.05) is 4.57 Å². The maximum atomic E-state index is 12.2. The molecule has 0 spiro atoms. The number of sulfonamides is 1. The fourth-order valence-electron chi connectivity index (χ4n) is 3.40. The zero-order valence-electron chi connectivity index (χ0n) is 13.4. The van der Waals surface area contributed by atoms with Crippen LogP contribution in [0.5, 0.6) is 0 Å². The quantitative estimate of drug-likeness (QED) is 0.808. The van der Waals surface area contributed by atoms with E-state index in [0.29, 0.717) is 24.4 Å². The summed E-state index contributed by atoms with van der Waals surface area (Å²) in [7, 11) is -3.16. The number of rotatable bonds is 5. The number of aromatic nitrogens is 3. The number of aromatic amines is 1. The number of hydrogen-bond donors (Lipinski definition) is 1. The molecule has 0 bridgehead atoms. The highest BCUT2D eigenvalue weighted by Gasteiger charge is 2.31. The molecule has 3 rings (SSSR count). The molecule has 1 aromatic rings.